The van der Waals surface area contributed by atoms with Crippen molar-refractivity contribution in [2.45, 2.75) is 57.5 Å². The molecule has 1 saturated heterocycles. The van der Waals surface area contributed by atoms with Crippen molar-refractivity contribution in [3.63, 3.8) is 0 Å². The van der Waals surface area contributed by atoms with E-state index in [-0.39, 0.29) is 17.5 Å². The maximum atomic E-state index is 13.2. The fraction of sp³-hybridized carbons (Fsp3) is 0.524. The Labute approximate surface area is 155 Å². The molecule has 0 radical (unpaired) electrons. The second kappa shape index (κ2) is 6.78. The normalized spacial score (nSPS) is 22.2. The molecular formula is C21H28N4O. The van der Waals surface area contributed by atoms with Gasteiger partial charge in [0.25, 0.3) is 5.91 Å². The molecule has 0 aliphatic carbocycles. The van der Waals surface area contributed by atoms with E-state index in [4.69, 9.17) is 0 Å². The average Bonchev–Trinajstić information content (AvgIpc) is 2.89. The minimum atomic E-state index is -0.140. The van der Waals surface area contributed by atoms with Crippen LogP contribution in [0, 0.1) is 0 Å². The lowest BCUT2D eigenvalue weighted by atomic mass is 9.89. The fourth-order valence-electron chi connectivity index (χ4n) is 4.24. The van der Waals surface area contributed by atoms with Crippen LogP contribution in [0.25, 0.3) is 0 Å². The number of nitrogens with zero attached hydrogens (tertiary/aromatic N) is 3. The minimum absolute atomic E-state index is 0.116. The number of hydrogen-bond donors (Lipinski definition) is 1. The zero-order chi connectivity index (χ0) is 18.1. The Morgan fingerprint density at radius 2 is 1.81 bits per heavy atom. The third kappa shape index (κ3) is 3.11. The summed E-state index contributed by atoms with van der Waals surface area (Å²) in [5.41, 5.74) is 1.82. The highest BCUT2D eigenvalue weighted by Crippen LogP contribution is 2.40. The fourth-order valence-corrected chi connectivity index (χ4v) is 4.24. The molecule has 1 atom stereocenters. The summed E-state index contributed by atoms with van der Waals surface area (Å²) in [5.74, 6) is 0.981. The molecule has 138 valence electrons. The number of carbonyl (C=O) groups excluding carboxylic acids is 1. The highest BCUT2D eigenvalue weighted by Gasteiger charge is 2.37. The van der Waals surface area contributed by atoms with E-state index in [9.17, 15) is 4.79 Å². The van der Waals surface area contributed by atoms with Crippen LogP contribution >= 0.6 is 0 Å². The van der Waals surface area contributed by atoms with Crippen LogP contribution in [0.3, 0.4) is 0 Å². The molecule has 5 heteroatoms. The van der Waals surface area contributed by atoms with Crippen molar-refractivity contribution in [2.75, 3.05) is 18.4 Å². The molecule has 3 heterocycles. The monoisotopic (exact) mass is 352 g/mol. The van der Waals surface area contributed by atoms with Gasteiger partial charge in [0.2, 0.25) is 0 Å². The molecule has 1 N–H and O–H groups in total. The summed E-state index contributed by atoms with van der Waals surface area (Å²) < 4.78 is 2.00. The van der Waals surface area contributed by atoms with E-state index in [1.807, 2.05) is 15.6 Å². The predicted molar refractivity (Wildman–Crippen MR) is 103 cm³/mol. The minimum Gasteiger partial charge on any atom is -0.363 e. The molecule has 5 nitrogen and oxygen atoms in total. The van der Waals surface area contributed by atoms with Gasteiger partial charge >= 0.3 is 0 Å². The van der Waals surface area contributed by atoms with Gasteiger partial charge in [0.1, 0.15) is 11.4 Å². The highest BCUT2D eigenvalue weighted by molar-refractivity contribution is 5.99. The molecule has 1 unspecified atom stereocenters. The Balaban J connectivity index is 1.66. The molecule has 0 bridgehead atoms. The maximum absolute atomic E-state index is 13.2. The summed E-state index contributed by atoms with van der Waals surface area (Å²) in [6.45, 7) is 6.10. The van der Waals surface area contributed by atoms with Crippen LogP contribution < -0.4 is 5.32 Å². The Kier molecular flexibility index (Phi) is 4.47. The third-order valence-corrected chi connectivity index (χ3v) is 5.68. The second-order valence-corrected chi connectivity index (χ2v) is 8.15. The van der Waals surface area contributed by atoms with Gasteiger partial charge in [-0.05, 0) is 38.7 Å². The summed E-state index contributed by atoms with van der Waals surface area (Å²) in [4.78, 5) is 15.2. The van der Waals surface area contributed by atoms with E-state index >= 15 is 0 Å². The van der Waals surface area contributed by atoms with Crippen LogP contribution in [0.4, 0.5) is 5.82 Å². The van der Waals surface area contributed by atoms with E-state index in [0.29, 0.717) is 5.56 Å². The summed E-state index contributed by atoms with van der Waals surface area (Å²) in [7, 11) is 0. The number of nitrogens with one attached hydrogen (secondary N) is 1. The van der Waals surface area contributed by atoms with Crippen LogP contribution in [0.15, 0.2) is 36.5 Å². The third-order valence-electron chi connectivity index (χ3n) is 5.68. The first-order chi connectivity index (χ1) is 12.6. The van der Waals surface area contributed by atoms with Crippen molar-refractivity contribution >= 4 is 11.7 Å². The lowest BCUT2D eigenvalue weighted by molar-refractivity contribution is 0.0762. The second-order valence-electron chi connectivity index (χ2n) is 8.15. The van der Waals surface area contributed by atoms with Crippen molar-refractivity contribution in [1.82, 2.24) is 14.7 Å². The van der Waals surface area contributed by atoms with Crippen LogP contribution in [-0.2, 0) is 5.54 Å². The highest BCUT2D eigenvalue weighted by atomic mass is 16.2. The topological polar surface area (TPSA) is 50.2 Å². The number of benzene rings is 1. The van der Waals surface area contributed by atoms with Crippen LogP contribution in [0.5, 0.6) is 0 Å². The zero-order valence-electron chi connectivity index (χ0n) is 15.7. The number of hydrogen-bond acceptors (Lipinski definition) is 3. The van der Waals surface area contributed by atoms with Gasteiger partial charge in [0.05, 0.1) is 17.8 Å². The Bertz CT molecular complexity index is 773. The number of anilines is 1. The number of rotatable bonds is 2. The summed E-state index contributed by atoms with van der Waals surface area (Å²) in [6, 6.07) is 10.7. The molecule has 1 amide bonds. The quantitative estimate of drug-likeness (QED) is 0.881. The van der Waals surface area contributed by atoms with E-state index < -0.39 is 0 Å². The SMILES string of the molecule is CC1(C)CC(c2ccccc2)Nc2c(C(=O)N3CCCCCC3)cnn21. The first-order valence-corrected chi connectivity index (χ1v) is 9.75. The van der Waals surface area contributed by atoms with E-state index in [1.165, 1.54) is 18.4 Å². The Morgan fingerprint density at radius 3 is 2.50 bits per heavy atom. The largest absolute Gasteiger partial charge is 0.363 e. The molecule has 1 aromatic carbocycles. The molecule has 2 aliphatic heterocycles. The number of fused-ring (bicyclic) bond motifs is 1. The van der Waals surface area contributed by atoms with Crippen molar-refractivity contribution in [3.05, 3.63) is 47.7 Å². The van der Waals surface area contributed by atoms with Gasteiger partial charge in [0.15, 0.2) is 0 Å². The summed E-state index contributed by atoms with van der Waals surface area (Å²) in [6.07, 6.45) is 7.32. The van der Waals surface area contributed by atoms with Gasteiger partial charge in [0, 0.05) is 13.1 Å². The van der Waals surface area contributed by atoms with Crippen LogP contribution in [0.1, 0.15) is 67.9 Å². The van der Waals surface area contributed by atoms with Gasteiger partial charge in [-0.1, -0.05) is 43.2 Å². The van der Waals surface area contributed by atoms with Gasteiger partial charge in [-0.2, -0.15) is 5.10 Å². The molecule has 1 aromatic heterocycles. The number of amides is 1. The molecule has 4 rings (SSSR count). The number of likely N-dealkylation sites (tertiary alicyclic amines) is 1. The lowest BCUT2D eigenvalue weighted by Crippen LogP contribution is -2.39. The van der Waals surface area contributed by atoms with E-state index in [1.54, 1.807) is 6.20 Å². The van der Waals surface area contributed by atoms with Crippen molar-refractivity contribution in [1.29, 1.82) is 0 Å². The van der Waals surface area contributed by atoms with Crippen molar-refractivity contribution in [3.8, 4) is 0 Å². The molecule has 26 heavy (non-hydrogen) atoms. The van der Waals surface area contributed by atoms with Crippen LogP contribution in [-0.4, -0.2) is 33.7 Å². The Hall–Kier alpha value is -2.30. The van der Waals surface area contributed by atoms with Gasteiger partial charge in [-0.25, -0.2) is 4.68 Å². The Morgan fingerprint density at radius 1 is 1.12 bits per heavy atom. The summed E-state index contributed by atoms with van der Waals surface area (Å²) >= 11 is 0. The van der Waals surface area contributed by atoms with Gasteiger partial charge in [-0.15, -0.1) is 0 Å². The molecule has 0 saturated carbocycles. The smallest absolute Gasteiger partial charge is 0.259 e. The molecular weight excluding hydrogens is 324 g/mol. The summed E-state index contributed by atoms with van der Waals surface area (Å²) in [5, 5.41) is 8.19. The zero-order valence-corrected chi connectivity index (χ0v) is 15.7. The average molecular weight is 352 g/mol. The van der Waals surface area contributed by atoms with Crippen LogP contribution in [0.2, 0.25) is 0 Å². The van der Waals surface area contributed by atoms with Crippen molar-refractivity contribution < 1.29 is 4.79 Å². The molecule has 1 fully saturated rings. The van der Waals surface area contributed by atoms with E-state index in [0.717, 1.165) is 38.2 Å². The predicted octanol–water partition coefficient (Wildman–Crippen LogP) is 4.19. The molecule has 2 aromatic rings. The lowest BCUT2D eigenvalue weighted by Gasteiger charge is -2.38. The van der Waals surface area contributed by atoms with Gasteiger partial charge < -0.3 is 10.2 Å². The van der Waals surface area contributed by atoms with Crippen molar-refractivity contribution in [2.24, 2.45) is 0 Å². The molecule has 2 aliphatic rings. The first kappa shape index (κ1) is 17.1. The maximum Gasteiger partial charge on any atom is 0.259 e. The van der Waals surface area contributed by atoms with Gasteiger partial charge in [-0.3, -0.25) is 4.79 Å². The number of aromatic nitrogens is 2. The number of carbonyl (C=O) groups is 1. The molecule has 0 spiro atoms. The standard InChI is InChI=1S/C21H28N4O/c1-21(2)14-18(16-10-6-5-7-11-16)23-19-17(15-22-25(19)21)20(26)24-12-8-3-4-9-13-24/h5-7,10-11,15,18,23H,3-4,8-9,12-14H2,1-2H3. The van der Waals surface area contributed by atoms with E-state index in [2.05, 4.69) is 48.5 Å². The first-order valence-electron chi connectivity index (χ1n) is 9.75.